The summed E-state index contributed by atoms with van der Waals surface area (Å²) in [6.07, 6.45) is 0. The molecule has 0 bridgehead atoms. The molecule has 1 aliphatic heterocycles. The molecule has 4 heteroatoms. The van der Waals surface area contributed by atoms with Crippen LogP contribution in [0.4, 0.5) is 5.82 Å². The molecule has 4 nitrogen and oxygen atoms in total. The van der Waals surface area contributed by atoms with Crippen LogP contribution in [-0.4, -0.2) is 10.2 Å². The summed E-state index contributed by atoms with van der Waals surface area (Å²) in [6, 6.07) is 1.84. The van der Waals surface area contributed by atoms with Gasteiger partial charge in [0.15, 0.2) is 0 Å². The van der Waals surface area contributed by atoms with Gasteiger partial charge in [-0.2, -0.15) is 5.10 Å². The fourth-order valence-electron chi connectivity index (χ4n) is 2.05. The summed E-state index contributed by atoms with van der Waals surface area (Å²) in [5, 5.41) is 7.97. The van der Waals surface area contributed by atoms with Crippen LogP contribution >= 0.6 is 0 Å². The summed E-state index contributed by atoms with van der Waals surface area (Å²) in [5.74, 6) is 0.443. The number of ether oxygens (including phenoxy) is 1. The molecule has 0 atom stereocenters. The number of nitrogen functional groups attached to an aromatic ring is 1. The van der Waals surface area contributed by atoms with E-state index in [1.165, 1.54) is 0 Å². The van der Waals surface area contributed by atoms with Crippen LogP contribution in [0.1, 0.15) is 39.0 Å². The van der Waals surface area contributed by atoms with Gasteiger partial charge in [-0.05, 0) is 33.8 Å². The van der Waals surface area contributed by atoms with Crippen LogP contribution in [0, 0.1) is 0 Å². The van der Waals surface area contributed by atoms with E-state index in [-0.39, 0.29) is 11.2 Å². The average molecular weight is 193 g/mol. The molecule has 76 valence electrons. The van der Waals surface area contributed by atoms with Crippen LogP contribution in [-0.2, 0) is 15.9 Å². The van der Waals surface area contributed by atoms with Crippen LogP contribution in [0.2, 0.25) is 0 Å². The van der Waals surface area contributed by atoms with Crippen molar-refractivity contribution in [1.29, 1.82) is 0 Å². The predicted molar refractivity (Wildman–Crippen MR) is 53.6 cm³/mol. The molecule has 0 unspecified atom stereocenters. The zero-order chi connectivity index (χ0) is 10.6. The normalized spacial score (nSPS) is 22.0. The molecule has 1 aliphatic rings. The standard InChI is InChI=1S/C10H15N3O/c1-9(2)6-5-7(11)12-13-8(6)10(3,4)14-9/h5H,1-4H3,(H2,11,12). The first-order valence-electron chi connectivity index (χ1n) is 4.67. The van der Waals surface area contributed by atoms with Crippen molar-refractivity contribution in [2.45, 2.75) is 38.9 Å². The maximum absolute atomic E-state index is 5.90. The van der Waals surface area contributed by atoms with E-state index in [1.807, 2.05) is 33.8 Å². The smallest absolute Gasteiger partial charge is 0.146 e. The Morgan fingerprint density at radius 3 is 2.43 bits per heavy atom. The second-order valence-electron chi connectivity index (χ2n) is 4.65. The Kier molecular flexibility index (Phi) is 1.64. The number of rotatable bonds is 0. The molecule has 2 N–H and O–H groups in total. The Labute approximate surface area is 83.5 Å². The number of anilines is 1. The van der Waals surface area contributed by atoms with E-state index < -0.39 is 0 Å². The molecule has 0 saturated carbocycles. The summed E-state index contributed by atoms with van der Waals surface area (Å²) in [7, 11) is 0. The minimum absolute atomic E-state index is 0.330. The van der Waals surface area contributed by atoms with Crippen molar-refractivity contribution >= 4 is 5.82 Å². The van der Waals surface area contributed by atoms with Crippen molar-refractivity contribution in [3.63, 3.8) is 0 Å². The van der Waals surface area contributed by atoms with Gasteiger partial charge < -0.3 is 10.5 Å². The number of nitrogens with two attached hydrogens (primary N) is 1. The van der Waals surface area contributed by atoms with Crippen LogP contribution in [0.5, 0.6) is 0 Å². The van der Waals surface area contributed by atoms with Gasteiger partial charge in [0.2, 0.25) is 0 Å². The Hall–Kier alpha value is -1.16. The summed E-state index contributed by atoms with van der Waals surface area (Å²) in [6.45, 7) is 8.01. The maximum Gasteiger partial charge on any atom is 0.146 e. The first-order valence-corrected chi connectivity index (χ1v) is 4.67. The van der Waals surface area contributed by atoms with E-state index in [0.29, 0.717) is 5.82 Å². The van der Waals surface area contributed by atoms with Crippen molar-refractivity contribution in [1.82, 2.24) is 10.2 Å². The first-order chi connectivity index (χ1) is 6.33. The molecule has 1 aromatic heterocycles. The first kappa shape index (κ1) is 9.40. The molecule has 0 aromatic carbocycles. The zero-order valence-electron chi connectivity index (χ0n) is 8.96. The second kappa shape index (κ2) is 2.45. The molecule has 2 rings (SSSR count). The van der Waals surface area contributed by atoms with E-state index in [2.05, 4.69) is 10.2 Å². The number of fused-ring (bicyclic) bond motifs is 1. The maximum atomic E-state index is 5.90. The lowest BCUT2D eigenvalue weighted by atomic mass is 9.96. The predicted octanol–water partition coefficient (Wildman–Crippen LogP) is 1.56. The van der Waals surface area contributed by atoms with Gasteiger partial charge in [0.25, 0.3) is 0 Å². The topological polar surface area (TPSA) is 61.0 Å². The molecule has 0 fully saturated rings. The van der Waals surface area contributed by atoms with Gasteiger partial charge in [0.05, 0.1) is 5.60 Å². The van der Waals surface area contributed by atoms with E-state index in [9.17, 15) is 0 Å². The minimum atomic E-state index is -0.375. The quantitative estimate of drug-likeness (QED) is 0.679. The van der Waals surface area contributed by atoms with Crippen LogP contribution in [0.3, 0.4) is 0 Å². The molecular weight excluding hydrogens is 178 g/mol. The van der Waals surface area contributed by atoms with E-state index in [1.54, 1.807) is 0 Å². The lowest BCUT2D eigenvalue weighted by Crippen LogP contribution is -2.22. The molecule has 0 amide bonds. The van der Waals surface area contributed by atoms with Crippen LogP contribution < -0.4 is 5.73 Å². The van der Waals surface area contributed by atoms with Crippen molar-refractivity contribution in [2.75, 3.05) is 5.73 Å². The summed E-state index contributed by atoms with van der Waals surface area (Å²) >= 11 is 0. The Balaban J connectivity index is 2.66. The Bertz CT molecular complexity index is 385. The number of hydrogen-bond donors (Lipinski definition) is 1. The number of aromatic nitrogens is 2. The Morgan fingerprint density at radius 1 is 1.14 bits per heavy atom. The largest absolute Gasteiger partial charge is 0.382 e. The molecule has 0 radical (unpaired) electrons. The van der Waals surface area contributed by atoms with Crippen LogP contribution in [0.15, 0.2) is 6.07 Å². The van der Waals surface area contributed by atoms with Crippen molar-refractivity contribution in [2.24, 2.45) is 0 Å². The second-order valence-corrected chi connectivity index (χ2v) is 4.65. The number of hydrogen-bond acceptors (Lipinski definition) is 4. The zero-order valence-corrected chi connectivity index (χ0v) is 8.96. The molecular formula is C10H15N3O. The van der Waals surface area contributed by atoms with E-state index >= 15 is 0 Å². The van der Waals surface area contributed by atoms with Crippen molar-refractivity contribution < 1.29 is 4.74 Å². The van der Waals surface area contributed by atoms with E-state index in [4.69, 9.17) is 10.5 Å². The Morgan fingerprint density at radius 2 is 1.79 bits per heavy atom. The highest BCUT2D eigenvalue weighted by Gasteiger charge is 2.44. The summed E-state index contributed by atoms with van der Waals surface area (Å²) in [5.41, 5.74) is 6.83. The van der Waals surface area contributed by atoms with Gasteiger partial charge in [-0.15, -0.1) is 5.10 Å². The summed E-state index contributed by atoms with van der Waals surface area (Å²) in [4.78, 5) is 0. The summed E-state index contributed by atoms with van der Waals surface area (Å²) < 4.78 is 5.90. The lowest BCUT2D eigenvalue weighted by Gasteiger charge is -2.23. The van der Waals surface area contributed by atoms with Gasteiger partial charge in [0.1, 0.15) is 17.1 Å². The minimum Gasteiger partial charge on any atom is -0.382 e. The molecule has 0 aliphatic carbocycles. The third-order valence-electron chi connectivity index (χ3n) is 2.54. The average Bonchev–Trinajstić information content (AvgIpc) is 2.17. The number of nitrogens with zero attached hydrogens (tertiary/aromatic N) is 2. The van der Waals surface area contributed by atoms with Gasteiger partial charge in [-0.1, -0.05) is 0 Å². The fraction of sp³-hybridized carbons (Fsp3) is 0.600. The van der Waals surface area contributed by atoms with Gasteiger partial charge in [0, 0.05) is 5.56 Å². The van der Waals surface area contributed by atoms with Gasteiger partial charge in [-0.3, -0.25) is 0 Å². The third-order valence-corrected chi connectivity index (χ3v) is 2.54. The third kappa shape index (κ3) is 1.18. The highest BCUT2D eigenvalue weighted by molar-refractivity contribution is 5.41. The molecule has 0 spiro atoms. The molecule has 0 saturated heterocycles. The molecule has 14 heavy (non-hydrogen) atoms. The lowest BCUT2D eigenvalue weighted by molar-refractivity contribution is -0.106. The SMILES string of the molecule is CC1(C)OC(C)(C)c2nnc(N)cc21. The van der Waals surface area contributed by atoms with E-state index in [0.717, 1.165) is 11.3 Å². The van der Waals surface area contributed by atoms with Gasteiger partial charge >= 0.3 is 0 Å². The van der Waals surface area contributed by atoms with Crippen LogP contribution in [0.25, 0.3) is 0 Å². The van der Waals surface area contributed by atoms with Crippen molar-refractivity contribution in [3.05, 3.63) is 17.3 Å². The highest BCUT2D eigenvalue weighted by atomic mass is 16.5. The highest BCUT2D eigenvalue weighted by Crippen LogP contribution is 2.45. The monoisotopic (exact) mass is 193 g/mol. The molecule has 2 heterocycles. The van der Waals surface area contributed by atoms with Crippen molar-refractivity contribution in [3.8, 4) is 0 Å². The fourth-order valence-corrected chi connectivity index (χ4v) is 2.05. The molecule has 1 aromatic rings. The van der Waals surface area contributed by atoms with Gasteiger partial charge in [-0.25, -0.2) is 0 Å².